The zero-order valence-electron chi connectivity index (χ0n) is 17.8. The molecule has 2 aromatic rings. The van der Waals surface area contributed by atoms with Crippen LogP contribution in [0.3, 0.4) is 0 Å². The molecule has 1 heterocycles. The summed E-state index contributed by atoms with van der Waals surface area (Å²) in [4.78, 5) is 14.3. The van der Waals surface area contributed by atoms with E-state index in [-0.39, 0.29) is 16.9 Å². The first kappa shape index (κ1) is 21.9. The molecule has 0 unspecified atom stereocenters. The molecule has 0 aliphatic carbocycles. The van der Waals surface area contributed by atoms with Gasteiger partial charge in [-0.05, 0) is 55.9 Å². The summed E-state index contributed by atoms with van der Waals surface area (Å²) in [5.74, 6) is 0.105. The van der Waals surface area contributed by atoms with E-state index in [4.69, 9.17) is 16.3 Å². The molecule has 0 radical (unpaired) electrons. The first-order chi connectivity index (χ1) is 13.9. The number of carbonyl (C=O) groups excluding carboxylic acids is 1. The molecule has 1 aliphatic rings. The molecule has 0 bridgehead atoms. The highest BCUT2D eigenvalue weighted by molar-refractivity contribution is 6.30. The lowest BCUT2D eigenvalue weighted by molar-refractivity contribution is -0.130. The van der Waals surface area contributed by atoms with Crippen LogP contribution >= 0.6 is 11.6 Å². The normalized spacial score (nSPS) is 24.3. The second-order valence-corrected chi connectivity index (χ2v) is 8.98. The van der Waals surface area contributed by atoms with Crippen molar-refractivity contribution in [1.29, 1.82) is 0 Å². The Hall–Kier alpha value is -1.84. The summed E-state index contributed by atoms with van der Waals surface area (Å²) in [6.07, 6.45) is 3.89. The molecular weight excluding hydrogens is 382 g/mol. The molecule has 0 N–H and O–H groups in total. The number of hydrogen-bond acceptors (Lipinski definition) is 2. The smallest absolute Gasteiger partial charge is 0.219 e. The summed E-state index contributed by atoms with van der Waals surface area (Å²) in [6, 6.07) is 18.5. The molecule has 0 saturated carbocycles. The van der Waals surface area contributed by atoms with Crippen molar-refractivity contribution in [3.05, 3.63) is 70.7 Å². The van der Waals surface area contributed by atoms with Crippen LogP contribution in [0.25, 0.3) is 0 Å². The average molecular weight is 414 g/mol. The van der Waals surface area contributed by atoms with Gasteiger partial charge in [-0.1, -0.05) is 61.0 Å². The Kier molecular flexibility index (Phi) is 7.02. The minimum atomic E-state index is -0.120. The lowest BCUT2D eigenvalue weighted by Gasteiger charge is -2.47. The van der Waals surface area contributed by atoms with Crippen LogP contribution in [0.4, 0.5) is 0 Å². The monoisotopic (exact) mass is 413 g/mol. The Balaban J connectivity index is 1.81. The van der Waals surface area contributed by atoms with E-state index in [9.17, 15) is 4.79 Å². The molecule has 3 nitrogen and oxygen atoms in total. The van der Waals surface area contributed by atoms with Crippen molar-refractivity contribution in [2.24, 2.45) is 0 Å². The van der Waals surface area contributed by atoms with Crippen molar-refractivity contribution in [3.8, 4) is 0 Å². The predicted octanol–water partition coefficient (Wildman–Crippen LogP) is 6.00. The van der Waals surface area contributed by atoms with Crippen LogP contribution in [-0.2, 0) is 21.5 Å². The number of nitrogens with zero attached hydrogens (tertiary/aromatic N) is 1. The van der Waals surface area contributed by atoms with Crippen molar-refractivity contribution >= 4 is 17.5 Å². The molecule has 1 saturated heterocycles. The van der Waals surface area contributed by atoms with Gasteiger partial charge in [0.2, 0.25) is 5.91 Å². The van der Waals surface area contributed by atoms with Crippen LogP contribution in [0.5, 0.6) is 0 Å². The van der Waals surface area contributed by atoms with Gasteiger partial charge in [-0.3, -0.25) is 4.79 Å². The number of ether oxygens (including phenoxy) is 1. The van der Waals surface area contributed by atoms with Crippen LogP contribution in [0, 0.1) is 0 Å². The molecule has 156 valence electrons. The third-order valence-corrected chi connectivity index (χ3v) is 6.72. The van der Waals surface area contributed by atoms with Crippen molar-refractivity contribution in [2.45, 2.75) is 64.0 Å². The van der Waals surface area contributed by atoms with Crippen LogP contribution < -0.4 is 0 Å². The highest BCUT2D eigenvalue weighted by atomic mass is 35.5. The van der Waals surface area contributed by atoms with E-state index in [1.54, 1.807) is 6.92 Å². The molecule has 2 aromatic carbocycles. The molecule has 29 heavy (non-hydrogen) atoms. The van der Waals surface area contributed by atoms with E-state index in [0.29, 0.717) is 11.6 Å². The van der Waals surface area contributed by atoms with Gasteiger partial charge in [0.1, 0.15) is 0 Å². The Morgan fingerprint density at radius 2 is 1.83 bits per heavy atom. The molecule has 0 spiro atoms. The minimum absolute atomic E-state index is 0.0258. The van der Waals surface area contributed by atoms with Gasteiger partial charge in [-0.15, -0.1) is 0 Å². The van der Waals surface area contributed by atoms with Gasteiger partial charge in [0, 0.05) is 37.1 Å². The maximum absolute atomic E-state index is 12.4. The molecule has 0 aromatic heterocycles. The molecule has 1 aliphatic heterocycles. The second-order valence-electron chi connectivity index (χ2n) is 8.54. The summed E-state index contributed by atoms with van der Waals surface area (Å²) in [5.41, 5.74) is 2.37. The van der Waals surface area contributed by atoms with Crippen LogP contribution in [0.15, 0.2) is 54.6 Å². The summed E-state index contributed by atoms with van der Waals surface area (Å²) >= 11 is 6.01. The number of halogens is 1. The van der Waals surface area contributed by atoms with Crippen LogP contribution in [-0.4, -0.2) is 29.6 Å². The SMILES string of the molecule is CC[C@@]1(C)C[C@](CCN(Cc2ccc(Cl)cc2)C(C)=O)(c2ccccc2)CCO1. The standard InChI is InChI=1S/C25H32ClNO2/c1-4-24(3)19-25(15-17-29-24,22-8-6-5-7-9-22)14-16-27(20(2)28)18-21-10-12-23(26)13-11-21/h5-13H,4,14-19H2,1-3H3/t24-,25+/m0/s1. The molecule has 1 amide bonds. The van der Waals surface area contributed by atoms with Gasteiger partial charge in [0.15, 0.2) is 0 Å². The van der Waals surface area contributed by atoms with E-state index >= 15 is 0 Å². The fourth-order valence-corrected chi connectivity index (χ4v) is 4.60. The number of carbonyl (C=O) groups is 1. The number of hydrogen-bond donors (Lipinski definition) is 0. The highest BCUT2D eigenvalue weighted by Crippen LogP contribution is 2.45. The van der Waals surface area contributed by atoms with E-state index in [2.05, 4.69) is 44.2 Å². The lowest BCUT2D eigenvalue weighted by Crippen LogP contribution is -2.47. The summed E-state index contributed by atoms with van der Waals surface area (Å²) in [6.45, 7) is 8.18. The van der Waals surface area contributed by atoms with Crippen LogP contribution in [0.1, 0.15) is 57.6 Å². The topological polar surface area (TPSA) is 29.5 Å². The second kappa shape index (κ2) is 9.32. The Morgan fingerprint density at radius 3 is 2.45 bits per heavy atom. The number of amides is 1. The van der Waals surface area contributed by atoms with Gasteiger partial charge in [0.25, 0.3) is 0 Å². The zero-order valence-corrected chi connectivity index (χ0v) is 18.5. The van der Waals surface area contributed by atoms with Gasteiger partial charge >= 0.3 is 0 Å². The lowest BCUT2D eigenvalue weighted by atomic mass is 9.66. The van der Waals surface area contributed by atoms with Gasteiger partial charge in [-0.25, -0.2) is 0 Å². The Labute approximate surface area is 180 Å². The quantitative estimate of drug-likeness (QED) is 0.557. The first-order valence-electron chi connectivity index (χ1n) is 10.6. The van der Waals surface area contributed by atoms with E-state index < -0.39 is 0 Å². The molecule has 1 fully saturated rings. The van der Waals surface area contributed by atoms with Gasteiger partial charge < -0.3 is 9.64 Å². The third kappa shape index (κ3) is 5.40. The Bertz CT molecular complexity index is 807. The maximum atomic E-state index is 12.4. The summed E-state index contributed by atoms with van der Waals surface area (Å²) < 4.78 is 6.16. The summed E-state index contributed by atoms with van der Waals surface area (Å²) in [5, 5.41) is 0.715. The minimum Gasteiger partial charge on any atom is -0.375 e. The number of benzene rings is 2. The van der Waals surface area contributed by atoms with Crippen molar-refractivity contribution in [1.82, 2.24) is 4.90 Å². The van der Waals surface area contributed by atoms with Crippen molar-refractivity contribution in [3.63, 3.8) is 0 Å². The van der Waals surface area contributed by atoms with Gasteiger partial charge in [-0.2, -0.15) is 0 Å². The molecular formula is C25H32ClNO2. The third-order valence-electron chi connectivity index (χ3n) is 6.47. The molecule has 4 heteroatoms. The number of rotatable bonds is 7. The van der Waals surface area contributed by atoms with Gasteiger partial charge in [0.05, 0.1) is 5.60 Å². The largest absolute Gasteiger partial charge is 0.375 e. The Morgan fingerprint density at radius 1 is 1.14 bits per heavy atom. The average Bonchev–Trinajstić information content (AvgIpc) is 2.73. The summed E-state index contributed by atoms with van der Waals surface area (Å²) in [7, 11) is 0. The highest BCUT2D eigenvalue weighted by Gasteiger charge is 2.43. The van der Waals surface area contributed by atoms with E-state index in [1.807, 2.05) is 29.2 Å². The van der Waals surface area contributed by atoms with Crippen LogP contribution in [0.2, 0.25) is 5.02 Å². The van der Waals surface area contributed by atoms with Crippen molar-refractivity contribution < 1.29 is 9.53 Å². The fraction of sp³-hybridized carbons (Fsp3) is 0.480. The predicted molar refractivity (Wildman–Crippen MR) is 119 cm³/mol. The van der Waals surface area contributed by atoms with E-state index in [1.165, 1.54) is 5.56 Å². The molecule has 2 atom stereocenters. The molecule has 3 rings (SSSR count). The van der Waals surface area contributed by atoms with E-state index in [0.717, 1.165) is 44.4 Å². The zero-order chi connectivity index (χ0) is 20.9. The fourth-order valence-electron chi connectivity index (χ4n) is 4.48. The maximum Gasteiger partial charge on any atom is 0.219 e. The first-order valence-corrected chi connectivity index (χ1v) is 10.9. The van der Waals surface area contributed by atoms with Crippen molar-refractivity contribution in [2.75, 3.05) is 13.2 Å².